The fraction of sp³-hybridized carbons (Fsp3) is 0.200. The van der Waals surface area contributed by atoms with E-state index in [2.05, 4.69) is 0 Å². The van der Waals surface area contributed by atoms with Gasteiger partial charge in [-0.15, -0.1) is 0 Å². The molecule has 15 heavy (non-hydrogen) atoms. The molecule has 0 fully saturated rings. The molecular weight excluding hydrogens is 218 g/mol. The zero-order chi connectivity index (χ0) is 11.4. The Morgan fingerprint density at radius 2 is 2.13 bits per heavy atom. The Bertz CT molecular complexity index is 392. The normalized spacial score (nSPS) is 12.1. The Morgan fingerprint density at radius 1 is 1.47 bits per heavy atom. The molecule has 1 aromatic rings. The minimum Gasteiger partial charge on any atom is -0.480 e. The number of ketones is 1. The van der Waals surface area contributed by atoms with Crippen LogP contribution in [-0.4, -0.2) is 22.9 Å². The highest BCUT2D eigenvalue weighted by atomic mass is 35.5. The number of Topliss-reactive ketones (excluding diaryl/α,β-unsaturated/α-hetero) is 1. The van der Waals surface area contributed by atoms with Crippen LogP contribution < -0.4 is 5.73 Å². The average molecular weight is 228 g/mol. The Balaban J connectivity index is 2.73. The van der Waals surface area contributed by atoms with E-state index in [1.165, 1.54) is 6.07 Å². The van der Waals surface area contributed by atoms with E-state index in [4.69, 9.17) is 22.4 Å². The molecule has 4 nitrogen and oxygen atoms in total. The molecule has 0 aliphatic heterocycles. The minimum absolute atomic E-state index is 0.227. The third-order valence-electron chi connectivity index (χ3n) is 1.87. The van der Waals surface area contributed by atoms with Gasteiger partial charge in [-0.2, -0.15) is 0 Å². The number of hydrogen-bond acceptors (Lipinski definition) is 3. The monoisotopic (exact) mass is 227 g/mol. The number of benzene rings is 1. The zero-order valence-corrected chi connectivity index (χ0v) is 8.57. The Labute approximate surface area is 91.7 Å². The molecule has 1 unspecified atom stereocenters. The van der Waals surface area contributed by atoms with Crippen molar-refractivity contribution >= 4 is 23.4 Å². The summed E-state index contributed by atoms with van der Waals surface area (Å²) in [7, 11) is 0. The van der Waals surface area contributed by atoms with Crippen molar-refractivity contribution in [1.29, 1.82) is 0 Å². The van der Waals surface area contributed by atoms with Crippen molar-refractivity contribution in [2.24, 2.45) is 5.73 Å². The van der Waals surface area contributed by atoms with Crippen molar-refractivity contribution in [2.45, 2.75) is 12.5 Å². The van der Waals surface area contributed by atoms with Crippen molar-refractivity contribution in [3.05, 3.63) is 34.9 Å². The van der Waals surface area contributed by atoms with Gasteiger partial charge in [-0.25, -0.2) is 0 Å². The molecular formula is C10H10ClNO3. The van der Waals surface area contributed by atoms with E-state index in [0.717, 1.165) is 0 Å². The molecule has 0 aromatic heterocycles. The first-order valence-corrected chi connectivity index (χ1v) is 4.65. The second kappa shape index (κ2) is 4.91. The van der Waals surface area contributed by atoms with Crippen LogP contribution in [0.5, 0.6) is 0 Å². The largest absolute Gasteiger partial charge is 0.480 e. The number of carbonyl (C=O) groups is 2. The number of carboxylic acids is 1. The molecule has 5 heteroatoms. The molecule has 80 valence electrons. The van der Waals surface area contributed by atoms with Gasteiger partial charge < -0.3 is 10.8 Å². The summed E-state index contributed by atoms with van der Waals surface area (Å²) in [5.41, 5.74) is 5.61. The maximum atomic E-state index is 11.5. The van der Waals surface area contributed by atoms with Crippen molar-refractivity contribution in [3.8, 4) is 0 Å². The summed E-state index contributed by atoms with van der Waals surface area (Å²) in [5, 5.41) is 8.96. The summed E-state index contributed by atoms with van der Waals surface area (Å²) in [6.45, 7) is 0. The van der Waals surface area contributed by atoms with Gasteiger partial charge in [-0.05, 0) is 12.1 Å². The molecule has 0 heterocycles. The number of hydrogen-bond donors (Lipinski definition) is 2. The lowest BCUT2D eigenvalue weighted by Gasteiger charge is -2.05. The van der Waals surface area contributed by atoms with Crippen molar-refractivity contribution in [1.82, 2.24) is 0 Å². The zero-order valence-electron chi connectivity index (χ0n) is 7.81. The smallest absolute Gasteiger partial charge is 0.320 e. The van der Waals surface area contributed by atoms with E-state index in [9.17, 15) is 9.59 Å². The van der Waals surface area contributed by atoms with Crippen LogP contribution in [0, 0.1) is 0 Å². The van der Waals surface area contributed by atoms with Crippen LogP contribution in [0.1, 0.15) is 16.8 Å². The van der Waals surface area contributed by atoms with E-state index < -0.39 is 12.0 Å². The lowest BCUT2D eigenvalue weighted by Crippen LogP contribution is -2.32. The van der Waals surface area contributed by atoms with Crippen molar-refractivity contribution in [3.63, 3.8) is 0 Å². The van der Waals surface area contributed by atoms with Crippen molar-refractivity contribution in [2.75, 3.05) is 0 Å². The third kappa shape index (κ3) is 3.34. The van der Waals surface area contributed by atoms with E-state index in [1.54, 1.807) is 18.2 Å². The average Bonchev–Trinajstić information content (AvgIpc) is 2.17. The Kier molecular flexibility index (Phi) is 3.82. The van der Waals surface area contributed by atoms with Gasteiger partial charge in [0.25, 0.3) is 0 Å². The highest BCUT2D eigenvalue weighted by Crippen LogP contribution is 2.12. The van der Waals surface area contributed by atoms with Gasteiger partial charge in [-0.3, -0.25) is 9.59 Å². The maximum absolute atomic E-state index is 11.5. The van der Waals surface area contributed by atoms with Crippen LogP contribution >= 0.6 is 11.6 Å². The Hall–Kier alpha value is -1.39. The third-order valence-corrected chi connectivity index (χ3v) is 2.10. The predicted octanol–water partition coefficient (Wildman–Crippen LogP) is 1.32. The minimum atomic E-state index is -1.19. The van der Waals surface area contributed by atoms with Crippen LogP contribution in [0.4, 0.5) is 0 Å². The lowest BCUT2D eigenvalue weighted by molar-refractivity contribution is -0.138. The molecule has 0 radical (unpaired) electrons. The highest BCUT2D eigenvalue weighted by Gasteiger charge is 2.17. The van der Waals surface area contributed by atoms with Gasteiger partial charge in [-0.1, -0.05) is 23.7 Å². The molecule has 0 bridgehead atoms. The molecule has 1 rings (SSSR count). The summed E-state index contributed by atoms with van der Waals surface area (Å²) in [6, 6.07) is 5.15. The van der Waals surface area contributed by atoms with Crippen LogP contribution in [0.25, 0.3) is 0 Å². The fourth-order valence-corrected chi connectivity index (χ4v) is 1.26. The van der Waals surface area contributed by atoms with Crippen LogP contribution in [0.3, 0.4) is 0 Å². The first kappa shape index (κ1) is 11.7. The second-order valence-corrected chi connectivity index (χ2v) is 3.52. The van der Waals surface area contributed by atoms with Gasteiger partial charge in [0.15, 0.2) is 5.78 Å². The lowest BCUT2D eigenvalue weighted by atomic mass is 10.0. The second-order valence-electron chi connectivity index (χ2n) is 3.08. The van der Waals surface area contributed by atoms with Gasteiger partial charge in [0.2, 0.25) is 0 Å². The molecule has 0 spiro atoms. The predicted molar refractivity (Wildman–Crippen MR) is 56.0 cm³/mol. The van der Waals surface area contributed by atoms with Gasteiger partial charge in [0, 0.05) is 17.0 Å². The van der Waals surface area contributed by atoms with Gasteiger partial charge in [0.05, 0.1) is 0 Å². The van der Waals surface area contributed by atoms with Crippen LogP contribution in [0.2, 0.25) is 5.02 Å². The fourth-order valence-electron chi connectivity index (χ4n) is 1.07. The standard InChI is InChI=1S/C10H10ClNO3/c11-7-3-1-2-6(4-7)9(13)5-8(12)10(14)15/h1-4,8H,5,12H2,(H,14,15). The number of rotatable bonds is 4. The molecule has 0 aliphatic rings. The van der Waals surface area contributed by atoms with Crippen LogP contribution in [0.15, 0.2) is 24.3 Å². The summed E-state index contributed by atoms with van der Waals surface area (Å²) in [6.07, 6.45) is -0.227. The number of halogens is 1. The molecule has 0 amide bonds. The van der Waals surface area contributed by atoms with E-state index in [-0.39, 0.29) is 12.2 Å². The summed E-state index contributed by atoms with van der Waals surface area (Å²) < 4.78 is 0. The molecule has 3 N–H and O–H groups in total. The quantitative estimate of drug-likeness (QED) is 0.761. The Morgan fingerprint density at radius 3 is 2.67 bits per heavy atom. The summed E-state index contributed by atoms with van der Waals surface area (Å²) in [4.78, 5) is 21.9. The summed E-state index contributed by atoms with van der Waals surface area (Å²) >= 11 is 5.69. The molecule has 0 saturated carbocycles. The number of aliphatic carboxylic acids is 1. The molecule has 0 aliphatic carbocycles. The SMILES string of the molecule is NC(CC(=O)c1cccc(Cl)c1)C(=O)O. The molecule has 1 atom stereocenters. The van der Waals surface area contributed by atoms with E-state index >= 15 is 0 Å². The first-order chi connectivity index (χ1) is 7.00. The van der Waals surface area contributed by atoms with Crippen LogP contribution in [-0.2, 0) is 4.79 Å². The van der Waals surface area contributed by atoms with E-state index in [0.29, 0.717) is 10.6 Å². The summed E-state index contributed by atoms with van der Waals surface area (Å²) in [5.74, 6) is -1.52. The first-order valence-electron chi connectivity index (χ1n) is 4.28. The highest BCUT2D eigenvalue weighted by molar-refractivity contribution is 6.31. The number of nitrogens with two attached hydrogens (primary N) is 1. The van der Waals surface area contributed by atoms with Gasteiger partial charge >= 0.3 is 5.97 Å². The molecule has 1 aromatic carbocycles. The molecule has 0 saturated heterocycles. The maximum Gasteiger partial charge on any atom is 0.320 e. The van der Waals surface area contributed by atoms with Crippen molar-refractivity contribution < 1.29 is 14.7 Å². The number of carbonyl (C=O) groups excluding carboxylic acids is 1. The van der Waals surface area contributed by atoms with Gasteiger partial charge in [0.1, 0.15) is 6.04 Å². The topological polar surface area (TPSA) is 80.4 Å². The van der Waals surface area contributed by atoms with E-state index in [1.807, 2.05) is 0 Å². The number of carboxylic acid groups (broad SMARTS) is 1.